The van der Waals surface area contributed by atoms with E-state index in [2.05, 4.69) is 23.1 Å². The molecule has 2 nitrogen and oxygen atoms in total. The Morgan fingerprint density at radius 3 is 2.33 bits per heavy atom. The number of nitrogens with zero attached hydrogens (tertiary/aromatic N) is 1. The number of hydrogen-bond donors (Lipinski definition) is 1. The topological polar surface area (TPSA) is 15.3 Å². The summed E-state index contributed by atoms with van der Waals surface area (Å²) in [5, 5.41) is 3.01. The summed E-state index contributed by atoms with van der Waals surface area (Å²) in [5.41, 5.74) is 0. The van der Waals surface area contributed by atoms with Gasteiger partial charge in [0.05, 0.1) is 0 Å². The Morgan fingerprint density at radius 1 is 1.25 bits per heavy atom. The molecule has 0 aromatic carbocycles. The van der Waals surface area contributed by atoms with Crippen molar-refractivity contribution in [2.75, 3.05) is 0 Å². The first-order valence-corrected chi connectivity index (χ1v) is 4.91. The third-order valence-corrected chi connectivity index (χ3v) is 3.04. The molecule has 2 saturated carbocycles. The Labute approximate surface area is 73.6 Å². The molecule has 0 spiro atoms. The molecule has 0 unspecified atom stereocenters. The molecule has 0 atom stereocenters. The molecule has 2 aliphatic carbocycles. The van der Waals surface area contributed by atoms with Crippen LogP contribution in [0.2, 0.25) is 0 Å². The molecular formula is C10H14N2. The van der Waals surface area contributed by atoms with Gasteiger partial charge < -0.3 is 10.2 Å². The highest BCUT2D eigenvalue weighted by atomic mass is 15.3. The van der Waals surface area contributed by atoms with Crippen LogP contribution in [-0.4, -0.2) is 10.9 Å². The first-order valence-electron chi connectivity index (χ1n) is 4.91. The van der Waals surface area contributed by atoms with Crippen molar-refractivity contribution < 1.29 is 0 Å². The van der Waals surface area contributed by atoms with E-state index in [1.807, 2.05) is 6.20 Å². The van der Waals surface area contributed by atoms with E-state index in [4.69, 9.17) is 0 Å². The molecular weight excluding hydrogens is 148 g/mol. The van der Waals surface area contributed by atoms with Crippen molar-refractivity contribution in [2.24, 2.45) is 11.8 Å². The minimum absolute atomic E-state index is 0.774. The van der Waals surface area contributed by atoms with Crippen LogP contribution in [0.25, 0.3) is 0 Å². The Morgan fingerprint density at radius 2 is 1.92 bits per heavy atom. The zero-order valence-electron chi connectivity index (χ0n) is 7.16. The third kappa shape index (κ3) is 1.10. The van der Waals surface area contributed by atoms with Crippen LogP contribution in [-0.2, 0) is 0 Å². The van der Waals surface area contributed by atoms with Gasteiger partial charge in [0.25, 0.3) is 0 Å². The molecule has 2 radical (unpaired) electrons. The SMILES string of the molecule is [C]1NC=CN1C(C1CC1)C1CC1. The summed E-state index contributed by atoms with van der Waals surface area (Å²) in [6, 6.07) is 0.774. The average Bonchev–Trinajstić information content (AvgIpc) is 2.95. The fourth-order valence-corrected chi connectivity index (χ4v) is 2.16. The van der Waals surface area contributed by atoms with Crippen LogP contribution < -0.4 is 5.32 Å². The van der Waals surface area contributed by atoms with Crippen molar-refractivity contribution in [1.82, 2.24) is 10.2 Å². The molecule has 0 aromatic rings. The second-order valence-corrected chi connectivity index (χ2v) is 4.14. The summed E-state index contributed by atoms with van der Waals surface area (Å²) in [6.07, 6.45) is 9.85. The molecule has 12 heavy (non-hydrogen) atoms. The van der Waals surface area contributed by atoms with Gasteiger partial charge in [-0.15, -0.1) is 0 Å². The molecule has 3 rings (SSSR count). The summed E-state index contributed by atoms with van der Waals surface area (Å²) in [4.78, 5) is 2.26. The predicted octanol–water partition coefficient (Wildman–Crippen LogP) is 1.55. The maximum atomic E-state index is 3.17. The molecule has 1 aliphatic heterocycles. The third-order valence-electron chi connectivity index (χ3n) is 3.04. The van der Waals surface area contributed by atoms with Crippen molar-refractivity contribution in [3.8, 4) is 0 Å². The van der Waals surface area contributed by atoms with Crippen molar-refractivity contribution in [1.29, 1.82) is 0 Å². The van der Waals surface area contributed by atoms with E-state index in [9.17, 15) is 0 Å². The molecule has 0 bridgehead atoms. The van der Waals surface area contributed by atoms with Gasteiger partial charge in [0.15, 0.2) is 0 Å². The second-order valence-electron chi connectivity index (χ2n) is 4.14. The van der Waals surface area contributed by atoms with E-state index >= 15 is 0 Å². The normalized spacial score (nSPS) is 28.2. The van der Waals surface area contributed by atoms with Gasteiger partial charge in [-0.3, -0.25) is 0 Å². The van der Waals surface area contributed by atoms with Crippen LogP contribution in [0.4, 0.5) is 0 Å². The smallest absolute Gasteiger partial charge is 0.205 e. The molecule has 0 saturated heterocycles. The quantitative estimate of drug-likeness (QED) is 0.677. The predicted molar refractivity (Wildman–Crippen MR) is 46.6 cm³/mol. The maximum absolute atomic E-state index is 3.17. The van der Waals surface area contributed by atoms with E-state index in [1.54, 1.807) is 0 Å². The van der Waals surface area contributed by atoms with Gasteiger partial charge in [0.2, 0.25) is 6.67 Å². The van der Waals surface area contributed by atoms with E-state index in [0.717, 1.165) is 17.9 Å². The van der Waals surface area contributed by atoms with Crippen LogP contribution in [0.15, 0.2) is 12.4 Å². The Balaban J connectivity index is 1.71. The minimum atomic E-state index is 0.774. The summed E-state index contributed by atoms with van der Waals surface area (Å²) in [5.74, 6) is 1.93. The van der Waals surface area contributed by atoms with Gasteiger partial charge in [-0.05, 0) is 37.5 Å². The minimum Gasteiger partial charge on any atom is -0.360 e. The first-order chi connectivity index (χ1) is 5.95. The molecule has 0 amide bonds. The van der Waals surface area contributed by atoms with Crippen molar-refractivity contribution in [2.45, 2.75) is 31.7 Å². The maximum Gasteiger partial charge on any atom is 0.205 e. The summed E-state index contributed by atoms with van der Waals surface area (Å²) in [6.45, 7) is 3.17. The van der Waals surface area contributed by atoms with E-state index < -0.39 is 0 Å². The van der Waals surface area contributed by atoms with Gasteiger partial charge >= 0.3 is 0 Å². The molecule has 0 aromatic heterocycles. The van der Waals surface area contributed by atoms with Gasteiger partial charge in [0.1, 0.15) is 0 Å². The fraction of sp³-hybridized carbons (Fsp3) is 0.700. The lowest BCUT2D eigenvalue weighted by molar-refractivity contribution is 0.269. The first kappa shape index (κ1) is 6.81. The Bertz CT molecular complexity index is 192. The van der Waals surface area contributed by atoms with Gasteiger partial charge in [-0.2, -0.15) is 0 Å². The monoisotopic (exact) mass is 162 g/mol. The summed E-state index contributed by atoms with van der Waals surface area (Å²) in [7, 11) is 0. The van der Waals surface area contributed by atoms with E-state index in [-0.39, 0.29) is 0 Å². The van der Waals surface area contributed by atoms with Crippen LogP contribution in [0.5, 0.6) is 0 Å². The second kappa shape index (κ2) is 2.41. The van der Waals surface area contributed by atoms with Crippen molar-refractivity contribution in [3.05, 3.63) is 19.1 Å². The molecule has 64 valence electrons. The zero-order valence-corrected chi connectivity index (χ0v) is 7.16. The van der Waals surface area contributed by atoms with Crippen LogP contribution >= 0.6 is 0 Å². The molecule has 2 fully saturated rings. The molecule has 3 aliphatic rings. The number of rotatable bonds is 3. The van der Waals surface area contributed by atoms with E-state index in [0.29, 0.717) is 0 Å². The highest BCUT2D eigenvalue weighted by Crippen LogP contribution is 2.47. The highest BCUT2D eigenvalue weighted by molar-refractivity contribution is 5.06. The summed E-state index contributed by atoms with van der Waals surface area (Å²) < 4.78 is 0. The standard InChI is InChI=1S/C10H14N2/c1-2-8(1)10(9-3-4-9)12-6-5-11-7-12/h5-6,8-11H,1-4H2. The Hall–Kier alpha value is -0.660. The highest BCUT2D eigenvalue weighted by Gasteiger charge is 2.44. The average molecular weight is 162 g/mol. The zero-order chi connectivity index (χ0) is 7.97. The van der Waals surface area contributed by atoms with Gasteiger partial charge in [-0.25, -0.2) is 0 Å². The van der Waals surface area contributed by atoms with Gasteiger partial charge in [-0.1, -0.05) is 0 Å². The lowest BCUT2D eigenvalue weighted by Crippen LogP contribution is -2.32. The molecule has 1 heterocycles. The van der Waals surface area contributed by atoms with Gasteiger partial charge in [0, 0.05) is 18.4 Å². The summed E-state index contributed by atoms with van der Waals surface area (Å²) >= 11 is 0. The van der Waals surface area contributed by atoms with Crippen LogP contribution in [0, 0.1) is 18.5 Å². The molecule has 2 heteroatoms. The van der Waals surface area contributed by atoms with Crippen molar-refractivity contribution >= 4 is 0 Å². The Kier molecular flexibility index (Phi) is 1.37. The van der Waals surface area contributed by atoms with E-state index in [1.165, 1.54) is 25.7 Å². The fourth-order valence-electron chi connectivity index (χ4n) is 2.16. The lowest BCUT2D eigenvalue weighted by Gasteiger charge is -2.25. The largest absolute Gasteiger partial charge is 0.360 e. The van der Waals surface area contributed by atoms with Crippen LogP contribution in [0.3, 0.4) is 0 Å². The lowest BCUT2D eigenvalue weighted by atomic mass is 10.1. The van der Waals surface area contributed by atoms with Crippen LogP contribution in [0.1, 0.15) is 25.7 Å². The number of nitrogens with one attached hydrogen (secondary N) is 1. The molecule has 1 N–H and O–H groups in total. The number of hydrogen-bond acceptors (Lipinski definition) is 2. The van der Waals surface area contributed by atoms with Crippen molar-refractivity contribution in [3.63, 3.8) is 0 Å².